The molecule has 1 aromatic rings. The second-order valence-corrected chi connectivity index (χ2v) is 4.67. The van der Waals surface area contributed by atoms with Crippen LogP contribution in [0.2, 0.25) is 0 Å². The zero-order chi connectivity index (χ0) is 16.2. The van der Waals surface area contributed by atoms with Crippen molar-refractivity contribution in [2.24, 2.45) is 0 Å². The summed E-state index contributed by atoms with van der Waals surface area (Å²) in [6.45, 7) is -0.266. The summed E-state index contributed by atoms with van der Waals surface area (Å²) in [6, 6.07) is 3.36. The number of hydrogen-bond donors (Lipinski definition) is 0. The number of carbonyl (C=O) groups is 1. The van der Waals surface area contributed by atoms with Gasteiger partial charge in [0.1, 0.15) is 6.54 Å². The van der Waals surface area contributed by atoms with E-state index in [2.05, 4.69) is 0 Å². The molecule has 0 aliphatic rings. The number of halogens is 4. The van der Waals surface area contributed by atoms with E-state index in [1.165, 1.54) is 6.92 Å². The van der Waals surface area contributed by atoms with Crippen LogP contribution >= 0.6 is 11.6 Å². The minimum atomic E-state index is -4.55. The van der Waals surface area contributed by atoms with Crippen LogP contribution in [-0.2, 0) is 0 Å². The zero-order valence-electron chi connectivity index (χ0n) is 11.0. The first-order valence-electron chi connectivity index (χ1n) is 5.82. The van der Waals surface area contributed by atoms with Crippen LogP contribution in [0.5, 0.6) is 0 Å². The van der Waals surface area contributed by atoms with E-state index in [1.54, 1.807) is 0 Å². The highest BCUT2D eigenvalue weighted by molar-refractivity contribution is 6.18. The number of nitro benzene ring substituents is 1. The minimum Gasteiger partial charge on any atom is -0.328 e. The van der Waals surface area contributed by atoms with Gasteiger partial charge in [0.2, 0.25) is 0 Å². The monoisotopic (exact) mass is 324 g/mol. The molecule has 5 nitrogen and oxygen atoms in total. The average Bonchev–Trinajstić information content (AvgIpc) is 2.35. The molecule has 0 atom stereocenters. The first kappa shape index (κ1) is 17.2. The smallest absolute Gasteiger partial charge is 0.328 e. The standard InChI is InChI=1S/C12H12ClF3N2O3/c1-8-6-9(18(20)21)2-3-10(8)11(19)17(5-4-13)7-12(14,15)16/h2-3,6H,4-5,7H2,1H3. The van der Waals surface area contributed by atoms with Gasteiger partial charge in [-0.05, 0) is 18.6 Å². The highest BCUT2D eigenvalue weighted by atomic mass is 35.5. The fraction of sp³-hybridized carbons (Fsp3) is 0.417. The molecule has 1 amide bonds. The van der Waals surface area contributed by atoms with Crippen molar-refractivity contribution in [3.05, 3.63) is 39.4 Å². The summed E-state index contributed by atoms with van der Waals surface area (Å²) in [5.41, 5.74) is -0.0188. The summed E-state index contributed by atoms with van der Waals surface area (Å²) in [4.78, 5) is 22.6. The van der Waals surface area contributed by atoms with Crippen molar-refractivity contribution in [2.45, 2.75) is 13.1 Å². The van der Waals surface area contributed by atoms with E-state index < -0.39 is 23.6 Å². The Morgan fingerprint density at radius 1 is 1.43 bits per heavy atom. The zero-order valence-corrected chi connectivity index (χ0v) is 11.7. The van der Waals surface area contributed by atoms with Gasteiger partial charge in [0.15, 0.2) is 0 Å². The summed E-state index contributed by atoms with van der Waals surface area (Å²) >= 11 is 5.41. The van der Waals surface area contributed by atoms with Crippen molar-refractivity contribution in [1.29, 1.82) is 0 Å². The molecular weight excluding hydrogens is 313 g/mol. The van der Waals surface area contributed by atoms with Crippen LogP contribution in [0.15, 0.2) is 18.2 Å². The lowest BCUT2D eigenvalue weighted by molar-refractivity contribution is -0.384. The number of carbonyl (C=O) groups excluding carboxylic acids is 1. The molecule has 1 aromatic carbocycles. The van der Waals surface area contributed by atoms with E-state index in [0.717, 1.165) is 18.2 Å². The van der Waals surface area contributed by atoms with Crippen LogP contribution in [0.25, 0.3) is 0 Å². The number of hydrogen-bond acceptors (Lipinski definition) is 3. The Hall–Kier alpha value is -1.83. The largest absolute Gasteiger partial charge is 0.406 e. The highest BCUT2D eigenvalue weighted by Crippen LogP contribution is 2.21. The van der Waals surface area contributed by atoms with E-state index in [-0.39, 0.29) is 29.2 Å². The van der Waals surface area contributed by atoms with Crippen molar-refractivity contribution in [3.8, 4) is 0 Å². The maximum absolute atomic E-state index is 12.4. The predicted octanol–water partition coefficient (Wildman–Crippen LogP) is 3.15. The van der Waals surface area contributed by atoms with E-state index in [9.17, 15) is 28.1 Å². The molecule has 0 unspecified atom stereocenters. The molecule has 21 heavy (non-hydrogen) atoms. The van der Waals surface area contributed by atoms with Crippen LogP contribution in [0, 0.1) is 17.0 Å². The number of non-ortho nitro benzene ring substituents is 1. The summed E-state index contributed by atoms with van der Waals surface area (Å²) in [6.07, 6.45) is -4.55. The Labute approximate surface area is 123 Å². The van der Waals surface area contributed by atoms with Gasteiger partial charge in [0, 0.05) is 30.1 Å². The lowest BCUT2D eigenvalue weighted by Crippen LogP contribution is -2.40. The Bertz CT molecular complexity index is 549. The fourth-order valence-electron chi connectivity index (χ4n) is 1.74. The predicted molar refractivity (Wildman–Crippen MR) is 70.5 cm³/mol. The van der Waals surface area contributed by atoms with Crippen molar-refractivity contribution >= 4 is 23.2 Å². The van der Waals surface area contributed by atoms with E-state index in [4.69, 9.17) is 11.6 Å². The molecule has 0 spiro atoms. The number of nitrogens with zero attached hydrogens (tertiary/aromatic N) is 2. The maximum Gasteiger partial charge on any atom is 0.406 e. The molecule has 0 aromatic heterocycles. The van der Waals surface area contributed by atoms with Crippen LogP contribution in [-0.4, -0.2) is 40.9 Å². The van der Waals surface area contributed by atoms with Gasteiger partial charge in [0.05, 0.1) is 4.92 Å². The van der Waals surface area contributed by atoms with Gasteiger partial charge in [-0.25, -0.2) is 0 Å². The average molecular weight is 325 g/mol. The van der Waals surface area contributed by atoms with Gasteiger partial charge in [-0.15, -0.1) is 11.6 Å². The second-order valence-electron chi connectivity index (χ2n) is 4.29. The lowest BCUT2D eigenvalue weighted by Gasteiger charge is -2.23. The molecule has 0 fully saturated rings. The summed E-state index contributed by atoms with van der Waals surface area (Å²) < 4.78 is 37.3. The third-order valence-electron chi connectivity index (χ3n) is 2.66. The number of amides is 1. The van der Waals surface area contributed by atoms with E-state index in [0.29, 0.717) is 4.90 Å². The van der Waals surface area contributed by atoms with Crippen LogP contribution < -0.4 is 0 Å². The van der Waals surface area contributed by atoms with Gasteiger partial charge in [0.25, 0.3) is 11.6 Å². The molecule has 0 heterocycles. The molecule has 0 bridgehead atoms. The van der Waals surface area contributed by atoms with Crippen LogP contribution in [0.3, 0.4) is 0 Å². The number of aryl methyl sites for hydroxylation is 1. The number of nitro groups is 1. The van der Waals surface area contributed by atoms with Gasteiger partial charge < -0.3 is 4.90 Å². The third-order valence-corrected chi connectivity index (χ3v) is 2.83. The minimum absolute atomic E-state index is 0.0185. The molecule has 116 valence electrons. The van der Waals surface area contributed by atoms with Crippen molar-refractivity contribution < 1.29 is 22.9 Å². The summed E-state index contributed by atoms with van der Waals surface area (Å²) in [5, 5.41) is 10.6. The van der Waals surface area contributed by atoms with E-state index in [1.807, 2.05) is 0 Å². The fourth-order valence-corrected chi connectivity index (χ4v) is 1.95. The number of alkyl halides is 4. The summed E-state index contributed by atoms with van der Waals surface area (Å²) in [5.74, 6) is -1.01. The van der Waals surface area contributed by atoms with Crippen LogP contribution in [0.1, 0.15) is 15.9 Å². The Kier molecular flexibility index (Phi) is 5.54. The van der Waals surface area contributed by atoms with Gasteiger partial charge in [-0.1, -0.05) is 0 Å². The topological polar surface area (TPSA) is 63.5 Å². The van der Waals surface area contributed by atoms with Gasteiger partial charge in [-0.3, -0.25) is 14.9 Å². The molecule has 9 heteroatoms. The Morgan fingerprint density at radius 3 is 2.48 bits per heavy atom. The molecular formula is C12H12ClF3N2O3. The first-order valence-corrected chi connectivity index (χ1v) is 6.36. The normalized spacial score (nSPS) is 11.3. The summed E-state index contributed by atoms with van der Waals surface area (Å²) in [7, 11) is 0. The second kappa shape index (κ2) is 6.75. The molecule has 0 aliphatic heterocycles. The number of benzene rings is 1. The van der Waals surface area contributed by atoms with Crippen molar-refractivity contribution in [3.63, 3.8) is 0 Å². The molecule has 0 radical (unpaired) electrons. The van der Waals surface area contributed by atoms with Crippen LogP contribution in [0.4, 0.5) is 18.9 Å². The Balaban J connectivity index is 3.06. The lowest BCUT2D eigenvalue weighted by atomic mass is 10.1. The SMILES string of the molecule is Cc1cc([N+](=O)[O-])ccc1C(=O)N(CCCl)CC(F)(F)F. The van der Waals surface area contributed by atoms with E-state index >= 15 is 0 Å². The maximum atomic E-state index is 12.4. The van der Waals surface area contributed by atoms with Crippen molar-refractivity contribution in [2.75, 3.05) is 19.0 Å². The first-order chi connectivity index (χ1) is 9.65. The molecule has 1 rings (SSSR count). The van der Waals surface area contributed by atoms with Crippen molar-refractivity contribution in [1.82, 2.24) is 4.90 Å². The molecule has 0 saturated heterocycles. The Morgan fingerprint density at radius 2 is 2.05 bits per heavy atom. The quantitative estimate of drug-likeness (QED) is 0.475. The number of rotatable bonds is 5. The molecule has 0 N–H and O–H groups in total. The molecule has 0 aliphatic carbocycles. The van der Waals surface area contributed by atoms with Gasteiger partial charge >= 0.3 is 6.18 Å². The third kappa shape index (κ3) is 4.89. The molecule has 0 saturated carbocycles. The highest BCUT2D eigenvalue weighted by Gasteiger charge is 2.33. The van der Waals surface area contributed by atoms with Gasteiger partial charge in [-0.2, -0.15) is 13.2 Å².